The van der Waals surface area contributed by atoms with Gasteiger partial charge in [0.1, 0.15) is 34.3 Å². The monoisotopic (exact) mass is 1080 g/mol. The van der Waals surface area contributed by atoms with Gasteiger partial charge in [-0.15, -0.1) is 22.7 Å². The van der Waals surface area contributed by atoms with Crippen LogP contribution in [0.3, 0.4) is 0 Å². The Kier molecular flexibility index (Phi) is 14.9. The number of para-hydroxylation sites is 2. The number of rotatable bonds is 21. The van der Waals surface area contributed by atoms with Crippen molar-refractivity contribution in [3.8, 4) is 45.6 Å². The summed E-state index contributed by atoms with van der Waals surface area (Å²) in [6, 6.07) is 62.3. The third-order valence-electron chi connectivity index (χ3n) is 13.1. The number of carbonyl (C=O) groups is 2. The van der Waals surface area contributed by atoms with Crippen molar-refractivity contribution in [1.29, 1.82) is 0 Å². The van der Waals surface area contributed by atoms with Crippen LogP contribution < -0.4 is 20.3 Å². The topological polar surface area (TPSA) is 163 Å². The summed E-state index contributed by atoms with van der Waals surface area (Å²) >= 11 is 2.76. The molecule has 12 rings (SSSR count). The molecule has 0 saturated heterocycles. The number of nitrogens with one attached hydrogen (secondary N) is 2. The van der Waals surface area contributed by atoms with Gasteiger partial charge in [0.25, 0.3) is 0 Å². The van der Waals surface area contributed by atoms with Gasteiger partial charge in [0, 0.05) is 34.3 Å². The van der Waals surface area contributed by atoms with Crippen LogP contribution in [0.1, 0.15) is 55.8 Å². The molecule has 0 aliphatic carbocycles. The standard InChI is InChI=1S/C64H48N10O4S2/c75-61(49-27-25-45-13-7-9-15-47(45)35-49)55-39-73(51-17-3-1-4-18-51)71-59(55)57-41-79-63(67-57)69-65-37-43-21-29-53(30-22-43)77-33-11-12-34-78-54-31-23-44(24-32-54)38-66-70-64-68-58(42-80-64)60-56(40-74(72-60)52-19-5-2-6-20-52)62(76)50-28-26-46-14-8-10-16-48(46)36-50/h1-10,13-32,35-42H,11-12,33-34H2,(H,67,69)(H,68,70). The lowest BCUT2D eigenvalue weighted by atomic mass is 10.00. The highest BCUT2D eigenvalue weighted by atomic mass is 32.1. The first-order valence-corrected chi connectivity index (χ1v) is 27.5. The fraction of sp³-hybridized carbons (Fsp3) is 0.0625. The maximum atomic E-state index is 14.0. The molecule has 0 fully saturated rings. The van der Waals surface area contributed by atoms with Crippen LogP contribution in [-0.2, 0) is 0 Å². The highest BCUT2D eigenvalue weighted by Crippen LogP contribution is 2.32. The van der Waals surface area contributed by atoms with Crippen LogP contribution >= 0.6 is 22.7 Å². The van der Waals surface area contributed by atoms with E-state index in [1.807, 2.05) is 205 Å². The fourth-order valence-electron chi connectivity index (χ4n) is 8.93. The van der Waals surface area contributed by atoms with Crippen LogP contribution in [0.15, 0.2) is 227 Å². The van der Waals surface area contributed by atoms with Crippen LogP contribution in [0.25, 0.3) is 55.7 Å². The molecule has 0 aliphatic rings. The summed E-state index contributed by atoms with van der Waals surface area (Å²) in [5.41, 5.74) is 13.7. The van der Waals surface area contributed by atoms with E-state index in [0.29, 0.717) is 68.5 Å². The van der Waals surface area contributed by atoms with Gasteiger partial charge in [-0.05, 0) is 130 Å². The zero-order valence-electron chi connectivity index (χ0n) is 42.8. The molecule has 14 nitrogen and oxygen atoms in total. The van der Waals surface area contributed by atoms with E-state index in [-0.39, 0.29) is 11.6 Å². The summed E-state index contributed by atoms with van der Waals surface area (Å²) in [5, 5.41) is 27.5. The molecule has 12 aromatic rings. The molecular weight excluding hydrogens is 1040 g/mol. The molecule has 0 bridgehead atoms. The molecule has 0 spiro atoms. The van der Waals surface area contributed by atoms with Crippen molar-refractivity contribution in [2.75, 3.05) is 24.1 Å². The highest BCUT2D eigenvalue weighted by molar-refractivity contribution is 7.14. The second-order valence-corrected chi connectivity index (χ2v) is 20.2. The Morgan fingerprint density at radius 3 is 1.30 bits per heavy atom. The van der Waals surface area contributed by atoms with Gasteiger partial charge in [0.15, 0.2) is 11.6 Å². The number of ether oxygens (including phenoxy) is 2. The van der Waals surface area contributed by atoms with Crippen molar-refractivity contribution in [2.24, 2.45) is 10.2 Å². The number of hydrogen-bond donors (Lipinski definition) is 2. The van der Waals surface area contributed by atoms with E-state index in [1.165, 1.54) is 22.7 Å². The second-order valence-electron chi connectivity index (χ2n) is 18.5. The number of ketones is 2. The van der Waals surface area contributed by atoms with E-state index in [1.54, 1.807) is 34.2 Å². The zero-order chi connectivity index (χ0) is 54.0. The molecule has 0 saturated carbocycles. The van der Waals surface area contributed by atoms with E-state index in [4.69, 9.17) is 29.6 Å². The molecule has 0 aliphatic heterocycles. The number of carbonyl (C=O) groups excluding carboxylic acids is 2. The highest BCUT2D eigenvalue weighted by Gasteiger charge is 2.24. The number of fused-ring (bicyclic) bond motifs is 2. The molecule has 80 heavy (non-hydrogen) atoms. The van der Waals surface area contributed by atoms with Gasteiger partial charge in [0.2, 0.25) is 10.3 Å². The van der Waals surface area contributed by atoms with Crippen molar-refractivity contribution in [1.82, 2.24) is 29.5 Å². The fourth-order valence-corrected chi connectivity index (χ4v) is 10.2. The number of thiazole rings is 2. The van der Waals surface area contributed by atoms with Gasteiger partial charge < -0.3 is 9.47 Å². The van der Waals surface area contributed by atoms with Gasteiger partial charge in [-0.2, -0.15) is 20.4 Å². The first kappa shape index (κ1) is 50.6. The van der Waals surface area contributed by atoms with Crippen molar-refractivity contribution in [2.45, 2.75) is 12.8 Å². The third-order valence-corrected chi connectivity index (χ3v) is 14.6. The Labute approximate surface area is 468 Å². The number of unbranched alkanes of at least 4 members (excludes halogenated alkanes) is 1. The summed E-state index contributed by atoms with van der Waals surface area (Å²) in [4.78, 5) is 37.6. The SMILES string of the molecule is O=C(c1ccc2ccccc2c1)c1cn(-c2ccccc2)nc1-c1csc(NN=Cc2ccc(OCCCCOc3ccc(C=NNc4nc(-c5nn(-c6ccccc6)cc5C(=O)c5ccc6ccccc6c5)cs4)cc3)cc2)n1. The average Bonchev–Trinajstić information content (AvgIpc) is 4.37. The molecular formula is C64H48N10O4S2. The minimum atomic E-state index is -0.133. The molecule has 390 valence electrons. The molecule has 2 N–H and O–H groups in total. The van der Waals surface area contributed by atoms with Gasteiger partial charge in [0.05, 0.1) is 48.1 Å². The zero-order valence-corrected chi connectivity index (χ0v) is 44.4. The van der Waals surface area contributed by atoms with Crippen LogP contribution in [-0.4, -0.2) is 66.7 Å². The number of hydrogen-bond acceptors (Lipinski definition) is 14. The van der Waals surface area contributed by atoms with Crippen molar-refractivity contribution in [3.63, 3.8) is 0 Å². The van der Waals surface area contributed by atoms with Crippen LogP contribution in [0.5, 0.6) is 11.5 Å². The number of hydrazone groups is 2. The van der Waals surface area contributed by atoms with Gasteiger partial charge in [-0.1, -0.05) is 109 Å². The number of anilines is 2. The largest absolute Gasteiger partial charge is 0.494 e. The normalized spacial score (nSPS) is 11.4. The van der Waals surface area contributed by atoms with E-state index in [2.05, 4.69) is 21.1 Å². The molecule has 16 heteroatoms. The first-order chi connectivity index (χ1) is 39.4. The first-order valence-electron chi connectivity index (χ1n) is 25.8. The summed E-state index contributed by atoms with van der Waals surface area (Å²) < 4.78 is 15.5. The Morgan fingerprint density at radius 1 is 0.475 bits per heavy atom. The maximum absolute atomic E-state index is 14.0. The molecule has 0 radical (unpaired) electrons. The maximum Gasteiger partial charge on any atom is 0.203 e. The lowest BCUT2D eigenvalue weighted by Crippen LogP contribution is -2.02. The van der Waals surface area contributed by atoms with Crippen molar-refractivity contribution < 1.29 is 19.1 Å². The quantitative estimate of drug-likeness (QED) is 0.0306. The second kappa shape index (κ2) is 23.6. The summed E-state index contributed by atoms with van der Waals surface area (Å²) in [7, 11) is 0. The van der Waals surface area contributed by atoms with E-state index in [9.17, 15) is 9.59 Å². The minimum absolute atomic E-state index is 0.133. The molecule has 4 aromatic heterocycles. The van der Waals surface area contributed by atoms with Gasteiger partial charge in [-0.3, -0.25) is 20.4 Å². The lowest BCUT2D eigenvalue weighted by Gasteiger charge is -2.08. The molecule has 8 aromatic carbocycles. The Balaban J connectivity index is 0.590. The predicted molar refractivity (Wildman–Crippen MR) is 320 cm³/mol. The third kappa shape index (κ3) is 11.7. The molecule has 0 atom stereocenters. The van der Waals surface area contributed by atoms with Crippen LogP contribution in [0.2, 0.25) is 0 Å². The minimum Gasteiger partial charge on any atom is -0.494 e. The van der Waals surface area contributed by atoms with Gasteiger partial charge in [-0.25, -0.2) is 19.3 Å². The molecule has 0 amide bonds. The smallest absolute Gasteiger partial charge is 0.203 e. The average molecular weight is 1090 g/mol. The number of aromatic nitrogens is 6. The molecule has 0 unspecified atom stereocenters. The van der Waals surface area contributed by atoms with Crippen LogP contribution in [0.4, 0.5) is 10.3 Å². The van der Waals surface area contributed by atoms with Crippen LogP contribution in [0, 0.1) is 0 Å². The van der Waals surface area contributed by atoms with E-state index in [0.717, 1.165) is 68.4 Å². The van der Waals surface area contributed by atoms with Gasteiger partial charge >= 0.3 is 0 Å². The Hall–Kier alpha value is -10.2. The Bertz CT molecular complexity index is 3920. The van der Waals surface area contributed by atoms with Crippen molar-refractivity contribution in [3.05, 3.63) is 251 Å². The van der Waals surface area contributed by atoms with E-state index >= 15 is 0 Å². The summed E-state index contributed by atoms with van der Waals surface area (Å²) in [6.45, 7) is 1.10. The molecule has 4 heterocycles. The summed E-state index contributed by atoms with van der Waals surface area (Å²) in [5.74, 6) is 1.26. The number of benzene rings is 8. The van der Waals surface area contributed by atoms with E-state index < -0.39 is 0 Å². The summed E-state index contributed by atoms with van der Waals surface area (Å²) in [6.07, 6.45) is 8.62. The predicted octanol–water partition coefficient (Wildman–Crippen LogP) is 14.2. The lowest BCUT2D eigenvalue weighted by molar-refractivity contribution is 0.103. The Morgan fingerprint density at radius 2 is 0.875 bits per heavy atom. The van der Waals surface area contributed by atoms with Crippen molar-refractivity contribution >= 4 is 78.5 Å². The number of nitrogens with zero attached hydrogens (tertiary/aromatic N) is 8.